The zero-order chi connectivity index (χ0) is 14.1. The average Bonchev–Trinajstić information content (AvgIpc) is 2.55. The lowest BCUT2D eigenvalue weighted by molar-refractivity contribution is 0.456. The topological polar surface area (TPSA) is 0 Å². The average molecular weight is 272 g/mol. The third-order valence-corrected chi connectivity index (χ3v) is 4.79. The summed E-state index contributed by atoms with van der Waals surface area (Å²) in [5.74, 6) is 0.793. The van der Waals surface area contributed by atoms with E-state index < -0.39 is 0 Å². The van der Waals surface area contributed by atoms with Gasteiger partial charge in [-0.1, -0.05) is 66.7 Å². The van der Waals surface area contributed by atoms with Gasteiger partial charge in [-0.3, -0.25) is 0 Å². The summed E-state index contributed by atoms with van der Waals surface area (Å²) >= 11 is 0. The lowest BCUT2D eigenvalue weighted by Crippen LogP contribution is -2.16. The number of fused-ring (bicyclic) bond motifs is 2. The van der Waals surface area contributed by atoms with Gasteiger partial charge in [-0.2, -0.15) is 0 Å². The van der Waals surface area contributed by atoms with Gasteiger partial charge in [-0.05, 0) is 59.1 Å². The van der Waals surface area contributed by atoms with E-state index in [0.717, 1.165) is 5.92 Å². The van der Waals surface area contributed by atoms with E-state index >= 15 is 0 Å². The highest BCUT2D eigenvalue weighted by Crippen LogP contribution is 2.28. The number of rotatable bonds is 2. The van der Waals surface area contributed by atoms with Crippen LogP contribution in [-0.4, -0.2) is 0 Å². The lowest BCUT2D eigenvalue weighted by Gasteiger charge is -2.24. The Morgan fingerprint density at radius 1 is 0.762 bits per heavy atom. The van der Waals surface area contributed by atoms with Gasteiger partial charge < -0.3 is 0 Å². The molecule has 104 valence electrons. The Morgan fingerprint density at radius 3 is 2.43 bits per heavy atom. The second kappa shape index (κ2) is 5.37. The van der Waals surface area contributed by atoms with Crippen molar-refractivity contribution in [2.45, 2.75) is 25.7 Å². The predicted molar refractivity (Wildman–Crippen MR) is 89.6 cm³/mol. The molecule has 0 fully saturated rings. The molecule has 21 heavy (non-hydrogen) atoms. The van der Waals surface area contributed by atoms with Crippen LogP contribution in [0.15, 0.2) is 66.7 Å². The fourth-order valence-electron chi connectivity index (χ4n) is 3.65. The van der Waals surface area contributed by atoms with Crippen LogP contribution < -0.4 is 0 Å². The molecule has 0 aromatic heterocycles. The highest BCUT2D eigenvalue weighted by molar-refractivity contribution is 5.82. The zero-order valence-electron chi connectivity index (χ0n) is 12.3. The van der Waals surface area contributed by atoms with E-state index in [2.05, 4.69) is 66.7 Å². The summed E-state index contributed by atoms with van der Waals surface area (Å²) in [5, 5.41) is 2.71. The first kappa shape index (κ1) is 12.6. The molecule has 3 aromatic rings. The molecule has 0 radical (unpaired) electrons. The molecular weight excluding hydrogens is 252 g/mol. The Hall–Kier alpha value is -2.08. The maximum absolute atomic E-state index is 2.37. The summed E-state index contributed by atoms with van der Waals surface area (Å²) in [6.45, 7) is 0. The van der Waals surface area contributed by atoms with Crippen molar-refractivity contribution in [2.75, 3.05) is 0 Å². The molecule has 4 rings (SSSR count). The van der Waals surface area contributed by atoms with E-state index in [1.54, 1.807) is 11.1 Å². The van der Waals surface area contributed by atoms with Crippen LogP contribution in [0.1, 0.15) is 23.1 Å². The molecule has 1 atom stereocenters. The van der Waals surface area contributed by atoms with Gasteiger partial charge in [0.25, 0.3) is 0 Å². The summed E-state index contributed by atoms with van der Waals surface area (Å²) in [6, 6.07) is 24.5. The normalized spacial score (nSPS) is 17.6. The van der Waals surface area contributed by atoms with E-state index in [0.29, 0.717) is 0 Å². The fraction of sp³-hybridized carbons (Fsp3) is 0.238. The Labute approximate surface area is 126 Å². The number of hydrogen-bond acceptors (Lipinski definition) is 0. The summed E-state index contributed by atoms with van der Waals surface area (Å²) in [7, 11) is 0. The van der Waals surface area contributed by atoms with Gasteiger partial charge in [-0.15, -0.1) is 0 Å². The number of benzene rings is 3. The van der Waals surface area contributed by atoms with Gasteiger partial charge in [0.1, 0.15) is 0 Å². The third kappa shape index (κ3) is 2.58. The maximum Gasteiger partial charge on any atom is -0.0181 e. The van der Waals surface area contributed by atoms with Gasteiger partial charge in [0.2, 0.25) is 0 Å². The minimum atomic E-state index is 0.793. The van der Waals surface area contributed by atoms with Crippen molar-refractivity contribution in [1.82, 2.24) is 0 Å². The van der Waals surface area contributed by atoms with E-state index in [9.17, 15) is 0 Å². The third-order valence-electron chi connectivity index (χ3n) is 4.79. The van der Waals surface area contributed by atoms with Crippen LogP contribution in [0.3, 0.4) is 0 Å². The highest BCUT2D eigenvalue weighted by Gasteiger charge is 2.18. The summed E-state index contributed by atoms with van der Waals surface area (Å²) in [5.41, 5.74) is 4.61. The largest absolute Gasteiger partial charge is 0.0620 e. The van der Waals surface area contributed by atoms with E-state index in [-0.39, 0.29) is 0 Å². The van der Waals surface area contributed by atoms with Gasteiger partial charge >= 0.3 is 0 Å². The van der Waals surface area contributed by atoms with Gasteiger partial charge in [0.15, 0.2) is 0 Å². The van der Waals surface area contributed by atoms with Crippen molar-refractivity contribution < 1.29 is 0 Å². The molecule has 0 aliphatic heterocycles. The van der Waals surface area contributed by atoms with Crippen molar-refractivity contribution >= 4 is 10.8 Å². The first-order valence-electron chi connectivity index (χ1n) is 7.93. The molecule has 1 aliphatic rings. The van der Waals surface area contributed by atoms with Crippen molar-refractivity contribution in [3.05, 3.63) is 83.4 Å². The predicted octanol–water partition coefficient (Wildman–Crippen LogP) is 5.19. The van der Waals surface area contributed by atoms with Crippen molar-refractivity contribution in [1.29, 1.82) is 0 Å². The van der Waals surface area contributed by atoms with Crippen LogP contribution in [-0.2, 0) is 19.3 Å². The minimum absolute atomic E-state index is 0.793. The maximum atomic E-state index is 2.37. The van der Waals surface area contributed by atoms with E-state index in [1.807, 2.05) is 0 Å². The molecule has 0 nitrogen and oxygen atoms in total. The highest BCUT2D eigenvalue weighted by atomic mass is 14.2. The van der Waals surface area contributed by atoms with Crippen LogP contribution in [0.4, 0.5) is 0 Å². The first-order chi connectivity index (χ1) is 10.4. The molecule has 0 saturated carbocycles. The molecule has 0 N–H and O–H groups in total. The summed E-state index contributed by atoms with van der Waals surface area (Å²) in [6.07, 6.45) is 5.01. The quantitative estimate of drug-likeness (QED) is 0.602. The molecule has 3 aromatic carbocycles. The van der Waals surface area contributed by atoms with Crippen LogP contribution in [0, 0.1) is 5.92 Å². The number of aryl methyl sites for hydroxylation is 1. The van der Waals surface area contributed by atoms with E-state index in [4.69, 9.17) is 0 Å². The Morgan fingerprint density at radius 2 is 1.52 bits per heavy atom. The van der Waals surface area contributed by atoms with Crippen LogP contribution in [0.25, 0.3) is 10.8 Å². The van der Waals surface area contributed by atoms with Gasteiger partial charge in [0, 0.05) is 0 Å². The molecule has 0 saturated heterocycles. The van der Waals surface area contributed by atoms with Crippen LogP contribution in [0.5, 0.6) is 0 Å². The molecule has 0 heterocycles. The van der Waals surface area contributed by atoms with Crippen molar-refractivity contribution in [3.63, 3.8) is 0 Å². The van der Waals surface area contributed by atoms with Crippen LogP contribution >= 0.6 is 0 Å². The SMILES string of the molecule is c1ccc2c(c1)CCC(Cc1ccc3ccccc3c1)C2. The second-order valence-electron chi connectivity index (χ2n) is 6.26. The Balaban J connectivity index is 1.55. The second-order valence-corrected chi connectivity index (χ2v) is 6.26. The Kier molecular flexibility index (Phi) is 3.23. The van der Waals surface area contributed by atoms with Crippen molar-refractivity contribution in [3.8, 4) is 0 Å². The van der Waals surface area contributed by atoms with Gasteiger partial charge in [-0.25, -0.2) is 0 Å². The fourth-order valence-corrected chi connectivity index (χ4v) is 3.65. The Bertz CT molecular complexity index is 770. The smallest absolute Gasteiger partial charge is 0.0181 e. The lowest BCUT2D eigenvalue weighted by atomic mass is 9.81. The van der Waals surface area contributed by atoms with Crippen LogP contribution in [0.2, 0.25) is 0 Å². The standard InChI is InChI=1S/C21H20/c1-3-7-20-14-16(9-11-18(20)5-1)13-17-10-12-19-6-2-4-8-21(19)15-17/h1-9,11,14,17H,10,12-13,15H2. The molecule has 1 unspecified atom stereocenters. The minimum Gasteiger partial charge on any atom is -0.0620 e. The van der Waals surface area contributed by atoms with E-state index in [1.165, 1.54) is 42.0 Å². The van der Waals surface area contributed by atoms with Gasteiger partial charge in [0.05, 0.1) is 0 Å². The molecule has 0 bridgehead atoms. The number of hydrogen-bond donors (Lipinski definition) is 0. The first-order valence-corrected chi connectivity index (χ1v) is 7.93. The molecule has 0 heteroatoms. The zero-order valence-corrected chi connectivity index (χ0v) is 12.3. The summed E-state index contributed by atoms with van der Waals surface area (Å²) < 4.78 is 0. The molecule has 0 amide bonds. The summed E-state index contributed by atoms with van der Waals surface area (Å²) in [4.78, 5) is 0. The molecule has 0 spiro atoms. The monoisotopic (exact) mass is 272 g/mol. The molecular formula is C21H20. The molecule has 1 aliphatic carbocycles. The van der Waals surface area contributed by atoms with Crippen molar-refractivity contribution in [2.24, 2.45) is 5.92 Å².